The second kappa shape index (κ2) is 9.58. The Hall–Kier alpha value is -2.44. The Morgan fingerprint density at radius 3 is 2.50 bits per heavy atom. The Kier molecular flexibility index (Phi) is 7.10. The van der Waals surface area contributed by atoms with Gasteiger partial charge in [0.15, 0.2) is 4.91 Å². The average Bonchev–Trinajstić information content (AvgIpc) is 2.77. The molecule has 2 aromatic rings. The van der Waals surface area contributed by atoms with E-state index in [1.165, 1.54) is 24.9 Å². The summed E-state index contributed by atoms with van der Waals surface area (Å²) in [6.07, 6.45) is 2.46. The number of fused-ring (bicyclic) bond motifs is 1. The highest BCUT2D eigenvalue weighted by atomic mass is 32.2. The van der Waals surface area contributed by atoms with Crippen LogP contribution in [0, 0.1) is 11.3 Å². The maximum atomic E-state index is 12.5. The lowest BCUT2D eigenvalue weighted by molar-refractivity contribution is 0.0989. The highest BCUT2D eigenvalue weighted by Crippen LogP contribution is 2.29. The molecule has 1 aliphatic heterocycles. The van der Waals surface area contributed by atoms with Gasteiger partial charge in [0.25, 0.3) is 10.0 Å². The highest BCUT2D eigenvalue weighted by Gasteiger charge is 2.22. The Labute approximate surface area is 177 Å². The van der Waals surface area contributed by atoms with Crippen molar-refractivity contribution < 1.29 is 18.6 Å². The minimum absolute atomic E-state index is 0.325. The van der Waals surface area contributed by atoms with Gasteiger partial charge in [-0.2, -0.15) is 5.26 Å². The van der Waals surface area contributed by atoms with Crippen molar-refractivity contribution in [3.05, 3.63) is 46.9 Å². The fraction of sp³-hybridized carbons (Fsp3) is 0.409. The predicted molar refractivity (Wildman–Crippen MR) is 118 cm³/mol. The number of nitrogens with zero attached hydrogens (tertiary/aromatic N) is 2. The number of hydrogen-bond donors (Lipinski definition) is 3. The summed E-state index contributed by atoms with van der Waals surface area (Å²) in [5.74, 6) is 0. The van der Waals surface area contributed by atoms with Gasteiger partial charge in [0.2, 0.25) is 0 Å². The number of hydrogen-bond acceptors (Lipinski definition) is 6. The van der Waals surface area contributed by atoms with Gasteiger partial charge >= 0.3 is 0 Å². The number of allylic oxidation sites excluding steroid dienone is 2. The fourth-order valence-electron chi connectivity index (χ4n) is 3.63. The molecular weight excluding hydrogens is 402 g/mol. The summed E-state index contributed by atoms with van der Waals surface area (Å²) in [6.45, 7) is 2.77. The molecular formula is C22H27N3O4S. The van der Waals surface area contributed by atoms with Crippen molar-refractivity contribution in [1.82, 2.24) is 4.72 Å². The van der Waals surface area contributed by atoms with Crippen molar-refractivity contribution in [3.63, 3.8) is 0 Å². The smallest absolute Gasteiger partial charge is 0.251 e. The Balaban J connectivity index is 1.91. The minimum Gasteiger partial charge on any atom is -0.394 e. The third kappa shape index (κ3) is 4.99. The van der Waals surface area contributed by atoms with Crippen molar-refractivity contribution in [2.75, 3.05) is 31.1 Å². The normalized spacial score (nSPS) is 16.8. The molecule has 0 aliphatic carbocycles. The van der Waals surface area contributed by atoms with Gasteiger partial charge in [0, 0.05) is 25.3 Å². The number of aliphatic hydroxyl groups excluding tert-OH is 2. The van der Waals surface area contributed by atoms with E-state index in [4.69, 9.17) is 5.11 Å². The summed E-state index contributed by atoms with van der Waals surface area (Å²) >= 11 is 0. The van der Waals surface area contributed by atoms with Crippen LogP contribution in [0.5, 0.6) is 0 Å². The Bertz CT molecular complexity index is 1080. The molecule has 7 nitrogen and oxygen atoms in total. The van der Waals surface area contributed by atoms with Crippen molar-refractivity contribution in [3.8, 4) is 6.07 Å². The van der Waals surface area contributed by atoms with Crippen LogP contribution in [0.4, 0.5) is 5.69 Å². The molecule has 1 heterocycles. The topological polar surface area (TPSA) is 114 Å². The number of anilines is 1. The van der Waals surface area contributed by atoms with Crippen LogP contribution in [-0.2, 0) is 10.0 Å². The zero-order chi connectivity index (χ0) is 21.7. The van der Waals surface area contributed by atoms with Crippen LogP contribution < -0.4 is 9.62 Å². The first kappa shape index (κ1) is 22.2. The molecule has 0 spiro atoms. The first-order valence-corrected chi connectivity index (χ1v) is 11.5. The number of aliphatic hydroxyl groups is 2. The summed E-state index contributed by atoms with van der Waals surface area (Å²) in [5.41, 5.74) is 2.15. The first-order chi connectivity index (χ1) is 14.4. The molecule has 8 heteroatoms. The zero-order valence-electron chi connectivity index (χ0n) is 17.0. The SMILES string of the molecule is CC(=C(C#N)S(=O)(=O)NCC(O)CO)c1ccc2cc(N3CCCCC3)ccc2c1. The van der Waals surface area contributed by atoms with Gasteiger partial charge in [0.05, 0.1) is 12.7 Å². The third-order valence-electron chi connectivity index (χ3n) is 5.41. The summed E-state index contributed by atoms with van der Waals surface area (Å²) < 4.78 is 27.1. The van der Waals surface area contributed by atoms with E-state index in [1.807, 2.05) is 24.3 Å². The number of nitrogens with one attached hydrogen (secondary N) is 1. The van der Waals surface area contributed by atoms with E-state index in [1.54, 1.807) is 13.0 Å². The molecule has 160 valence electrons. The van der Waals surface area contributed by atoms with E-state index in [2.05, 4.69) is 21.8 Å². The van der Waals surface area contributed by atoms with Gasteiger partial charge in [-0.05, 0) is 66.3 Å². The number of benzene rings is 2. The van der Waals surface area contributed by atoms with Crippen LogP contribution in [0.25, 0.3) is 16.3 Å². The maximum absolute atomic E-state index is 12.5. The van der Waals surface area contributed by atoms with E-state index in [0.717, 1.165) is 23.9 Å². The second-order valence-electron chi connectivity index (χ2n) is 7.55. The van der Waals surface area contributed by atoms with Gasteiger partial charge in [0.1, 0.15) is 6.07 Å². The molecule has 0 saturated carbocycles. The molecule has 30 heavy (non-hydrogen) atoms. The highest BCUT2D eigenvalue weighted by molar-refractivity contribution is 7.93. The van der Waals surface area contributed by atoms with Crippen LogP contribution in [0.15, 0.2) is 41.3 Å². The summed E-state index contributed by atoms with van der Waals surface area (Å²) in [4.78, 5) is 1.98. The Morgan fingerprint density at radius 2 is 1.83 bits per heavy atom. The van der Waals surface area contributed by atoms with Crippen LogP contribution in [-0.4, -0.2) is 51.0 Å². The number of piperidine rings is 1. The molecule has 0 amide bonds. The van der Waals surface area contributed by atoms with Crippen molar-refractivity contribution >= 4 is 32.1 Å². The lowest BCUT2D eigenvalue weighted by atomic mass is 10.0. The van der Waals surface area contributed by atoms with Gasteiger partial charge in [-0.3, -0.25) is 0 Å². The molecule has 1 fully saturated rings. The Morgan fingerprint density at radius 1 is 1.17 bits per heavy atom. The number of sulfonamides is 1. The molecule has 1 aliphatic rings. The summed E-state index contributed by atoms with van der Waals surface area (Å²) in [5, 5.41) is 29.7. The van der Waals surface area contributed by atoms with E-state index >= 15 is 0 Å². The molecule has 3 N–H and O–H groups in total. The average molecular weight is 430 g/mol. The largest absolute Gasteiger partial charge is 0.394 e. The van der Waals surface area contributed by atoms with E-state index < -0.39 is 27.6 Å². The minimum atomic E-state index is -4.11. The molecule has 1 atom stereocenters. The number of rotatable bonds is 7. The van der Waals surface area contributed by atoms with Crippen LogP contribution in [0.2, 0.25) is 0 Å². The maximum Gasteiger partial charge on any atom is 0.251 e. The molecule has 0 aromatic heterocycles. The van der Waals surface area contributed by atoms with Gasteiger partial charge in [-0.1, -0.05) is 18.2 Å². The van der Waals surface area contributed by atoms with Crippen molar-refractivity contribution in [2.24, 2.45) is 0 Å². The quantitative estimate of drug-likeness (QED) is 0.582. The van der Waals surface area contributed by atoms with Crippen molar-refractivity contribution in [1.29, 1.82) is 5.26 Å². The van der Waals surface area contributed by atoms with Gasteiger partial charge < -0.3 is 15.1 Å². The monoisotopic (exact) mass is 429 g/mol. The zero-order valence-corrected chi connectivity index (χ0v) is 17.8. The second-order valence-corrected chi connectivity index (χ2v) is 9.25. The fourth-order valence-corrected chi connectivity index (χ4v) is 4.83. The molecule has 1 saturated heterocycles. The molecule has 1 unspecified atom stereocenters. The molecule has 3 rings (SSSR count). The van der Waals surface area contributed by atoms with Crippen LogP contribution in [0.1, 0.15) is 31.7 Å². The standard InChI is InChI=1S/C22H27N3O4S/c1-16(22(13-23)30(28,29)24-14-21(27)15-26)17-5-6-19-12-20(8-7-18(19)11-17)25-9-3-2-4-10-25/h5-8,11-12,21,24,26-27H,2-4,9-10,14-15H2,1H3. The van der Waals surface area contributed by atoms with Crippen molar-refractivity contribution in [2.45, 2.75) is 32.3 Å². The first-order valence-electron chi connectivity index (χ1n) is 10.0. The molecule has 2 aromatic carbocycles. The van der Waals surface area contributed by atoms with E-state index in [0.29, 0.717) is 11.1 Å². The lowest BCUT2D eigenvalue weighted by Gasteiger charge is -2.29. The molecule has 0 bridgehead atoms. The number of nitriles is 1. The summed E-state index contributed by atoms with van der Waals surface area (Å²) in [6, 6.07) is 13.6. The van der Waals surface area contributed by atoms with E-state index in [9.17, 15) is 18.8 Å². The lowest BCUT2D eigenvalue weighted by Crippen LogP contribution is -2.34. The molecule has 0 radical (unpaired) electrons. The summed E-state index contributed by atoms with van der Waals surface area (Å²) in [7, 11) is -4.11. The van der Waals surface area contributed by atoms with Crippen LogP contribution >= 0.6 is 0 Å². The predicted octanol–water partition coefficient (Wildman–Crippen LogP) is 2.36. The van der Waals surface area contributed by atoms with E-state index in [-0.39, 0.29) is 6.54 Å². The van der Waals surface area contributed by atoms with Gasteiger partial charge in [-0.15, -0.1) is 0 Å². The van der Waals surface area contributed by atoms with Crippen LogP contribution in [0.3, 0.4) is 0 Å². The third-order valence-corrected chi connectivity index (χ3v) is 6.89. The van der Waals surface area contributed by atoms with Gasteiger partial charge in [-0.25, -0.2) is 13.1 Å².